The molecule has 0 spiro atoms. The van der Waals surface area contributed by atoms with Crippen molar-refractivity contribution in [3.63, 3.8) is 0 Å². The lowest BCUT2D eigenvalue weighted by Crippen LogP contribution is -2.10. The molecule has 0 saturated heterocycles. The second kappa shape index (κ2) is 12.5. The molecule has 52 heavy (non-hydrogen) atoms. The van der Waals surface area contributed by atoms with Crippen LogP contribution in [0.2, 0.25) is 0 Å². The Labute approximate surface area is 307 Å². The summed E-state index contributed by atoms with van der Waals surface area (Å²) in [7, 11) is 0. The summed E-state index contributed by atoms with van der Waals surface area (Å²) in [4.78, 5) is 0. The standard InChI is InChI=1S/C52H44/c1-6-11-46-43(14-9-15-47(46)49-17-10-16-48-44-13-8-7-12-39(44)28-33(2)51(48)49)40-25-23-35-29-36(21-22-37(35)30-40)38-20-18-34-19-24-41-31-42(52(3,4)5)26-27-45(41)50(34)32-38/h7-10,12-32H,6,11H2,1-5H3. The summed E-state index contributed by atoms with van der Waals surface area (Å²) >= 11 is 0. The van der Waals surface area contributed by atoms with E-state index in [-0.39, 0.29) is 5.41 Å². The molecule has 0 N–H and O–H groups in total. The Balaban J connectivity index is 1.12. The van der Waals surface area contributed by atoms with E-state index in [1.54, 1.807) is 0 Å². The molecule has 0 unspecified atom stereocenters. The Hall–Kier alpha value is -5.72. The van der Waals surface area contributed by atoms with Crippen molar-refractivity contribution in [2.45, 2.75) is 52.9 Å². The van der Waals surface area contributed by atoms with Gasteiger partial charge in [-0.15, -0.1) is 0 Å². The molecule has 9 aromatic rings. The summed E-state index contributed by atoms with van der Waals surface area (Å²) in [5.41, 5.74) is 12.0. The average molecular weight is 669 g/mol. The molecule has 0 nitrogen and oxygen atoms in total. The van der Waals surface area contributed by atoms with Crippen LogP contribution in [0, 0.1) is 6.92 Å². The molecule has 0 aromatic heterocycles. The summed E-state index contributed by atoms with van der Waals surface area (Å²) in [6, 6.07) is 57.3. The number of benzene rings is 9. The monoisotopic (exact) mass is 668 g/mol. The zero-order valence-corrected chi connectivity index (χ0v) is 30.8. The van der Waals surface area contributed by atoms with Gasteiger partial charge in [0, 0.05) is 0 Å². The molecule has 0 heteroatoms. The van der Waals surface area contributed by atoms with Gasteiger partial charge in [-0.2, -0.15) is 0 Å². The fourth-order valence-corrected chi connectivity index (χ4v) is 8.53. The van der Waals surface area contributed by atoms with E-state index >= 15 is 0 Å². The van der Waals surface area contributed by atoms with Crippen LogP contribution in [0.1, 0.15) is 50.8 Å². The highest BCUT2D eigenvalue weighted by molar-refractivity contribution is 6.14. The molecule has 0 saturated carbocycles. The smallest absolute Gasteiger partial charge is 0.00696 e. The van der Waals surface area contributed by atoms with Crippen molar-refractivity contribution in [3.8, 4) is 33.4 Å². The van der Waals surface area contributed by atoms with Crippen LogP contribution in [-0.4, -0.2) is 0 Å². The molecule has 0 radical (unpaired) electrons. The van der Waals surface area contributed by atoms with Crippen LogP contribution >= 0.6 is 0 Å². The van der Waals surface area contributed by atoms with Gasteiger partial charge in [-0.1, -0.05) is 168 Å². The van der Waals surface area contributed by atoms with E-state index < -0.39 is 0 Å². The number of rotatable bonds is 5. The van der Waals surface area contributed by atoms with Crippen LogP contribution in [-0.2, 0) is 11.8 Å². The van der Waals surface area contributed by atoms with Crippen LogP contribution in [0.25, 0.3) is 87.2 Å². The topological polar surface area (TPSA) is 0 Å². The Bertz CT molecular complexity index is 2840. The molecule has 0 aliphatic heterocycles. The molecule has 252 valence electrons. The van der Waals surface area contributed by atoms with E-state index in [2.05, 4.69) is 186 Å². The predicted octanol–water partition coefficient (Wildman–Crippen LogP) is 15.0. The summed E-state index contributed by atoms with van der Waals surface area (Å²) in [5.74, 6) is 0. The highest BCUT2D eigenvalue weighted by Crippen LogP contribution is 2.41. The molecule has 0 fully saturated rings. The maximum Gasteiger partial charge on any atom is -0.00696 e. The van der Waals surface area contributed by atoms with E-state index in [1.165, 1.54) is 104 Å². The molecule has 9 aromatic carbocycles. The zero-order valence-electron chi connectivity index (χ0n) is 30.8. The summed E-state index contributed by atoms with van der Waals surface area (Å²) in [5, 5.41) is 13.0. The van der Waals surface area contributed by atoms with E-state index in [9.17, 15) is 0 Å². The molecular weight excluding hydrogens is 625 g/mol. The largest absolute Gasteiger partial charge is 0.0651 e. The second-order valence-corrected chi connectivity index (χ2v) is 15.7. The van der Waals surface area contributed by atoms with Gasteiger partial charge < -0.3 is 0 Å². The van der Waals surface area contributed by atoms with Crippen molar-refractivity contribution in [2.24, 2.45) is 0 Å². The quantitative estimate of drug-likeness (QED) is 0.160. The Morgan fingerprint density at radius 1 is 0.423 bits per heavy atom. The molecule has 0 aliphatic rings. The normalized spacial score (nSPS) is 12.1. The molecule has 9 rings (SSSR count). The van der Waals surface area contributed by atoms with Crippen molar-refractivity contribution in [2.75, 3.05) is 0 Å². The Morgan fingerprint density at radius 2 is 1.02 bits per heavy atom. The van der Waals surface area contributed by atoms with E-state index in [0.717, 1.165) is 12.8 Å². The third-order valence-corrected chi connectivity index (χ3v) is 11.2. The van der Waals surface area contributed by atoms with Gasteiger partial charge in [-0.3, -0.25) is 0 Å². The lowest BCUT2D eigenvalue weighted by molar-refractivity contribution is 0.591. The molecule has 0 atom stereocenters. The summed E-state index contributed by atoms with van der Waals surface area (Å²) in [6.07, 6.45) is 2.12. The fourth-order valence-electron chi connectivity index (χ4n) is 8.53. The van der Waals surface area contributed by atoms with Gasteiger partial charge in [0.15, 0.2) is 0 Å². The number of hydrogen-bond acceptors (Lipinski definition) is 0. The molecule has 0 heterocycles. The molecule has 0 bridgehead atoms. The Kier molecular flexibility index (Phi) is 7.74. The number of hydrogen-bond donors (Lipinski definition) is 0. The van der Waals surface area contributed by atoms with E-state index in [4.69, 9.17) is 0 Å². The molecule has 0 amide bonds. The van der Waals surface area contributed by atoms with Gasteiger partial charge in [0.1, 0.15) is 0 Å². The second-order valence-electron chi connectivity index (χ2n) is 15.7. The van der Waals surface area contributed by atoms with Crippen molar-refractivity contribution in [1.29, 1.82) is 0 Å². The third kappa shape index (κ3) is 5.46. The summed E-state index contributed by atoms with van der Waals surface area (Å²) < 4.78 is 0. The maximum absolute atomic E-state index is 2.39. The van der Waals surface area contributed by atoms with E-state index in [0.29, 0.717) is 0 Å². The maximum atomic E-state index is 2.39. The molecular formula is C52H44. The highest BCUT2D eigenvalue weighted by atomic mass is 14.2. The minimum atomic E-state index is 0.127. The van der Waals surface area contributed by atoms with Crippen molar-refractivity contribution < 1.29 is 0 Å². The number of fused-ring (bicyclic) bond motifs is 7. The van der Waals surface area contributed by atoms with Crippen molar-refractivity contribution in [3.05, 3.63) is 168 Å². The van der Waals surface area contributed by atoms with Gasteiger partial charge in [0.2, 0.25) is 0 Å². The average Bonchev–Trinajstić information content (AvgIpc) is 3.16. The third-order valence-electron chi connectivity index (χ3n) is 11.2. The van der Waals surface area contributed by atoms with Gasteiger partial charge in [-0.05, 0) is 141 Å². The highest BCUT2D eigenvalue weighted by Gasteiger charge is 2.17. The van der Waals surface area contributed by atoms with Crippen LogP contribution in [0.5, 0.6) is 0 Å². The lowest BCUT2D eigenvalue weighted by atomic mass is 9.85. The van der Waals surface area contributed by atoms with Crippen LogP contribution in [0.15, 0.2) is 152 Å². The molecule has 0 aliphatic carbocycles. The van der Waals surface area contributed by atoms with Crippen molar-refractivity contribution >= 4 is 53.9 Å². The first-order valence-corrected chi connectivity index (χ1v) is 18.8. The van der Waals surface area contributed by atoms with Gasteiger partial charge in [0.25, 0.3) is 0 Å². The fraction of sp³-hybridized carbons (Fsp3) is 0.154. The van der Waals surface area contributed by atoms with Crippen LogP contribution < -0.4 is 0 Å². The van der Waals surface area contributed by atoms with Gasteiger partial charge >= 0.3 is 0 Å². The minimum Gasteiger partial charge on any atom is -0.0651 e. The lowest BCUT2D eigenvalue weighted by Gasteiger charge is -2.20. The van der Waals surface area contributed by atoms with Crippen LogP contribution in [0.3, 0.4) is 0 Å². The summed E-state index contributed by atoms with van der Waals surface area (Å²) in [6.45, 7) is 11.4. The zero-order chi connectivity index (χ0) is 35.6. The first-order chi connectivity index (χ1) is 25.3. The first-order valence-electron chi connectivity index (χ1n) is 18.8. The predicted molar refractivity (Wildman–Crippen MR) is 228 cm³/mol. The van der Waals surface area contributed by atoms with Gasteiger partial charge in [0.05, 0.1) is 0 Å². The SMILES string of the molecule is CCCc1c(-c2ccc3cc(-c4ccc5ccc6cc(C(C)(C)C)ccc6c5c4)ccc3c2)cccc1-c1cccc2c1c(C)cc1ccccc12. The minimum absolute atomic E-state index is 0.127. The Morgan fingerprint density at radius 3 is 1.83 bits per heavy atom. The number of aryl methyl sites for hydroxylation is 1. The first kappa shape index (κ1) is 32.2. The van der Waals surface area contributed by atoms with Crippen LogP contribution in [0.4, 0.5) is 0 Å². The van der Waals surface area contributed by atoms with Crippen molar-refractivity contribution in [1.82, 2.24) is 0 Å². The van der Waals surface area contributed by atoms with Gasteiger partial charge in [-0.25, -0.2) is 0 Å². The van der Waals surface area contributed by atoms with E-state index in [1.807, 2.05) is 0 Å².